The highest BCUT2D eigenvalue weighted by Crippen LogP contribution is 2.40. The standard InChI is InChI=1S/C17H27BrO/c1-11-8-14(13(3)12(2)10-18)16(19-7)15(9-11)17(4,5)6/h8-9,12-13H,10H2,1-7H3. The molecule has 0 aliphatic carbocycles. The maximum absolute atomic E-state index is 5.76. The molecule has 0 aliphatic heterocycles. The third kappa shape index (κ3) is 3.75. The van der Waals surface area contributed by atoms with Crippen LogP contribution < -0.4 is 4.74 Å². The van der Waals surface area contributed by atoms with Gasteiger partial charge in [-0.25, -0.2) is 0 Å². The highest BCUT2D eigenvalue weighted by Gasteiger charge is 2.25. The summed E-state index contributed by atoms with van der Waals surface area (Å²) in [6.07, 6.45) is 0. The number of aryl methyl sites for hydroxylation is 1. The summed E-state index contributed by atoms with van der Waals surface area (Å²) in [6, 6.07) is 4.53. The molecular formula is C17H27BrO. The summed E-state index contributed by atoms with van der Waals surface area (Å²) < 4.78 is 5.76. The number of alkyl halides is 1. The fourth-order valence-electron chi connectivity index (χ4n) is 2.36. The van der Waals surface area contributed by atoms with Crippen molar-refractivity contribution in [3.8, 4) is 5.75 Å². The van der Waals surface area contributed by atoms with Gasteiger partial charge in [-0.05, 0) is 29.7 Å². The average Bonchev–Trinajstić information content (AvgIpc) is 2.34. The van der Waals surface area contributed by atoms with Crippen LogP contribution >= 0.6 is 15.9 Å². The number of methoxy groups -OCH3 is 1. The Bertz CT molecular complexity index is 432. The second kappa shape index (κ2) is 6.30. The van der Waals surface area contributed by atoms with E-state index in [1.54, 1.807) is 7.11 Å². The van der Waals surface area contributed by atoms with Gasteiger partial charge >= 0.3 is 0 Å². The van der Waals surface area contributed by atoms with Crippen LogP contribution in [0.2, 0.25) is 0 Å². The van der Waals surface area contributed by atoms with Crippen LogP contribution in [0.15, 0.2) is 12.1 Å². The molecule has 0 fully saturated rings. The number of benzene rings is 1. The summed E-state index contributed by atoms with van der Waals surface area (Å²) in [6.45, 7) is 13.5. The van der Waals surface area contributed by atoms with Crippen molar-refractivity contribution in [3.63, 3.8) is 0 Å². The van der Waals surface area contributed by atoms with Crippen LogP contribution in [0, 0.1) is 12.8 Å². The molecule has 0 heterocycles. The zero-order valence-corrected chi connectivity index (χ0v) is 14.9. The monoisotopic (exact) mass is 326 g/mol. The molecule has 19 heavy (non-hydrogen) atoms. The summed E-state index contributed by atoms with van der Waals surface area (Å²) >= 11 is 3.59. The first kappa shape index (κ1) is 16.6. The lowest BCUT2D eigenvalue weighted by molar-refractivity contribution is 0.383. The summed E-state index contributed by atoms with van der Waals surface area (Å²) in [5, 5.41) is 1.01. The third-order valence-corrected chi connectivity index (χ3v) is 4.88. The third-order valence-electron chi connectivity index (χ3n) is 3.86. The van der Waals surface area contributed by atoms with Gasteiger partial charge in [0, 0.05) is 10.9 Å². The van der Waals surface area contributed by atoms with Gasteiger partial charge in [0.25, 0.3) is 0 Å². The van der Waals surface area contributed by atoms with E-state index < -0.39 is 0 Å². The molecule has 0 aliphatic rings. The first-order chi connectivity index (χ1) is 8.72. The normalized spacial score (nSPS) is 15.2. The summed E-state index contributed by atoms with van der Waals surface area (Å²) in [5.41, 5.74) is 4.05. The van der Waals surface area contributed by atoms with Gasteiger partial charge in [0.05, 0.1) is 7.11 Å². The minimum absolute atomic E-state index is 0.101. The molecule has 1 aromatic rings. The van der Waals surface area contributed by atoms with E-state index in [-0.39, 0.29) is 5.41 Å². The molecular weight excluding hydrogens is 300 g/mol. The Morgan fingerprint density at radius 3 is 2.21 bits per heavy atom. The minimum Gasteiger partial charge on any atom is -0.496 e. The Balaban J connectivity index is 3.43. The van der Waals surface area contributed by atoms with Gasteiger partial charge in [0.1, 0.15) is 5.75 Å². The van der Waals surface area contributed by atoms with Gasteiger partial charge in [-0.15, -0.1) is 0 Å². The number of rotatable bonds is 4. The van der Waals surface area contributed by atoms with Gasteiger partial charge in [-0.1, -0.05) is 68.2 Å². The fourth-order valence-corrected chi connectivity index (χ4v) is 2.93. The van der Waals surface area contributed by atoms with Crippen molar-refractivity contribution < 1.29 is 4.74 Å². The molecule has 0 saturated carbocycles. The summed E-state index contributed by atoms with van der Waals surface area (Å²) in [7, 11) is 1.79. The van der Waals surface area contributed by atoms with E-state index in [1.165, 1.54) is 16.7 Å². The van der Waals surface area contributed by atoms with E-state index in [4.69, 9.17) is 4.74 Å². The summed E-state index contributed by atoms with van der Waals surface area (Å²) in [4.78, 5) is 0. The highest BCUT2D eigenvalue weighted by atomic mass is 79.9. The lowest BCUT2D eigenvalue weighted by Crippen LogP contribution is -2.17. The zero-order valence-electron chi connectivity index (χ0n) is 13.3. The second-order valence-electron chi connectivity index (χ2n) is 6.61. The predicted octanol–water partition coefficient (Wildman–Crippen LogP) is 5.44. The predicted molar refractivity (Wildman–Crippen MR) is 87.8 cm³/mol. The molecule has 2 atom stereocenters. The van der Waals surface area contributed by atoms with E-state index >= 15 is 0 Å². The minimum atomic E-state index is 0.101. The molecule has 1 nitrogen and oxygen atoms in total. The Kier molecular flexibility index (Phi) is 5.49. The Morgan fingerprint density at radius 1 is 1.21 bits per heavy atom. The number of ether oxygens (including phenoxy) is 1. The first-order valence-electron chi connectivity index (χ1n) is 6.97. The lowest BCUT2D eigenvalue weighted by Gasteiger charge is -2.28. The van der Waals surface area contributed by atoms with Gasteiger partial charge in [-0.3, -0.25) is 0 Å². The van der Waals surface area contributed by atoms with Crippen molar-refractivity contribution in [3.05, 3.63) is 28.8 Å². The molecule has 2 heteroatoms. The van der Waals surface area contributed by atoms with Crippen LogP contribution in [0.5, 0.6) is 5.75 Å². The topological polar surface area (TPSA) is 9.23 Å². The van der Waals surface area contributed by atoms with Crippen LogP contribution in [0.25, 0.3) is 0 Å². The number of halogens is 1. The van der Waals surface area contributed by atoms with Gasteiger partial charge in [0.2, 0.25) is 0 Å². The Labute approximate surface area is 126 Å². The van der Waals surface area contributed by atoms with Crippen LogP contribution in [0.4, 0.5) is 0 Å². The fraction of sp³-hybridized carbons (Fsp3) is 0.647. The average molecular weight is 327 g/mol. The summed E-state index contributed by atoms with van der Waals surface area (Å²) in [5.74, 6) is 2.14. The smallest absolute Gasteiger partial charge is 0.126 e. The molecule has 1 rings (SSSR count). The molecule has 0 aromatic heterocycles. The molecule has 0 bridgehead atoms. The largest absolute Gasteiger partial charge is 0.496 e. The van der Waals surface area contributed by atoms with Crippen molar-refractivity contribution in [1.29, 1.82) is 0 Å². The van der Waals surface area contributed by atoms with Crippen LogP contribution in [-0.4, -0.2) is 12.4 Å². The maximum atomic E-state index is 5.76. The lowest BCUT2D eigenvalue weighted by atomic mass is 9.80. The molecule has 0 N–H and O–H groups in total. The SMILES string of the molecule is COc1c(C(C)C(C)CBr)cc(C)cc1C(C)(C)C. The molecule has 0 spiro atoms. The maximum Gasteiger partial charge on any atom is 0.126 e. The van der Waals surface area contributed by atoms with Gasteiger partial charge in [0.15, 0.2) is 0 Å². The second-order valence-corrected chi connectivity index (χ2v) is 7.25. The van der Waals surface area contributed by atoms with Crippen molar-refractivity contribution in [2.45, 2.75) is 52.9 Å². The van der Waals surface area contributed by atoms with Crippen molar-refractivity contribution >= 4 is 15.9 Å². The number of hydrogen-bond donors (Lipinski definition) is 0. The van der Waals surface area contributed by atoms with Crippen molar-refractivity contribution in [2.75, 3.05) is 12.4 Å². The molecule has 0 saturated heterocycles. The van der Waals surface area contributed by atoms with E-state index in [0.29, 0.717) is 11.8 Å². The van der Waals surface area contributed by atoms with Crippen LogP contribution in [0.1, 0.15) is 57.2 Å². The Morgan fingerprint density at radius 2 is 1.79 bits per heavy atom. The molecule has 0 amide bonds. The zero-order chi connectivity index (χ0) is 14.8. The quantitative estimate of drug-likeness (QED) is 0.670. The van der Waals surface area contributed by atoms with Crippen molar-refractivity contribution in [2.24, 2.45) is 5.92 Å². The van der Waals surface area contributed by atoms with E-state index in [0.717, 1.165) is 11.1 Å². The first-order valence-corrected chi connectivity index (χ1v) is 8.09. The van der Waals surface area contributed by atoms with E-state index in [2.05, 4.69) is 69.6 Å². The van der Waals surface area contributed by atoms with E-state index in [1.807, 2.05) is 0 Å². The number of hydrogen-bond acceptors (Lipinski definition) is 1. The molecule has 1 aromatic carbocycles. The van der Waals surface area contributed by atoms with Crippen LogP contribution in [0.3, 0.4) is 0 Å². The van der Waals surface area contributed by atoms with Gasteiger partial charge < -0.3 is 4.74 Å². The molecule has 0 radical (unpaired) electrons. The Hall–Kier alpha value is -0.500. The van der Waals surface area contributed by atoms with Gasteiger partial charge in [-0.2, -0.15) is 0 Å². The molecule has 108 valence electrons. The highest BCUT2D eigenvalue weighted by molar-refractivity contribution is 9.09. The molecule has 2 unspecified atom stereocenters. The van der Waals surface area contributed by atoms with Crippen molar-refractivity contribution in [1.82, 2.24) is 0 Å². The van der Waals surface area contributed by atoms with E-state index in [9.17, 15) is 0 Å². The van der Waals surface area contributed by atoms with Crippen LogP contribution in [-0.2, 0) is 5.41 Å².